The standard InChI is InChI=1S/C31H24N2O3S/c1-2-20-15-17-22(18-16-20)33-30(34)27-28(32-25-13-6-7-14-26(25)37-29(27)31(33)35)21-9-8-12-24(19-21)36-23-10-4-3-5-11-23/h3-19,28,32H,2H2,1H3/t28-/m0/s1. The molecule has 0 aromatic heterocycles. The fourth-order valence-corrected chi connectivity index (χ4v) is 5.74. The fourth-order valence-electron chi connectivity index (χ4n) is 4.64. The Bertz CT molecular complexity index is 1530. The predicted molar refractivity (Wildman–Crippen MR) is 147 cm³/mol. The van der Waals surface area contributed by atoms with Gasteiger partial charge in [-0.3, -0.25) is 9.59 Å². The molecule has 2 aliphatic heterocycles. The molecule has 0 unspecified atom stereocenters. The molecule has 0 radical (unpaired) electrons. The summed E-state index contributed by atoms with van der Waals surface area (Å²) in [5, 5.41) is 3.55. The lowest BCUT2D eigenvalue weighted by Gasteiger charge is -2.23. The molecule has 6 heteroatoms. The van der Waals surface area contributed by atoms with Crippen LogP contribution in [0.4, 0.5) is 11.4 Å². The number of nitrogens with one attached hydrogen (secondary N) is 1. The van der Waals surface area contributed by atoms with E-state index >= 15 is 0 Å². The van der Waals surface area contributed by atoms with Crippen LogP contribution in [-0.2, 0) is 16.0 Å². The van der Waals surface area contributed by atoms with Crippen LogP contribution >= 0.6 is 11.8 Å². The van der Waals surface area contributed by atoms with Gasteiger partial charge in [0, 0.05) is 10.6 Å². The molecular formula is C31H24N2O3S. The summed E-state index contributed by atoms with van der Waals surface area (Å²) in [6, 6.07) is 32.1. The van der Waals surface area contributed by atoms with Crippen LogP contribution in [0.5, 0.6) is 11.5 Å². The molecule has 6 rings (SSSR count). The zero-order valence-electron chi connectivity index (χ0n) is 20.2. The highest BCUT2D eigenvalue weighted by molar-refractivity contribution is 8.04. The molecule has 0 saturated heterocycles. The quantitative estimate of drug-likeness (QED) is 0.293. The number of hydrogen-bond donors (Lipinski definition) is 1. The van der Waals surface area contributed by atoms with E-state index < -0.39 is 6.04 Å². The molecule has 0 saturated carbocycles. The zero-order chi connectivity index (χ0) is 25.4. The summed E-state index contributed by atoms with van der Waals surface area (Å²) in [5.41, 5.74) is 3.88. The van der Waals surface area contributed by atoms with Crippen LogP contribution in [0.1, 0.15) is 24.1 Å². The number of rotatable bonds is 5. The molecule has 0 bridgehead atoms. The Morgan fingerprint density at radius 2 is 1.54 bits per heavy atom. The van der Waals surface area contributed by atoms with Gasteiger partial charge in [0.25, 0.3) is 11.8 Å². The van der Waals surface area contributed by atoms with E-state index in [0.717, 1.165) is 33.9 Å². The molecule has 0 spiro atoms. The summed E-state index contributed by atoms with van der Waals surface area (Å²) >= 11 is 1.35. The van der Waals surface area contributed by atoms with Crippen LogP contribution in [-0.4, -0.2) is 11.8 Å². The van der Waals surface area contributed by atoms with E-state index in [-0.39, 0.29) is 11.8 Å². The predicted octanol–water partition coefficient (Wildman–Crippen LogP) is 7.13. The number of amides is 2. The second kappa shape index (κ2) is 9.64. The van der Waals surface area contributed by atoms with Crippen molar-refractivity contribution in [3.63, 3.8) is 0 Å². The lowest BCUT2D eigenvalue weighted by atomic mass is 9.97. The van der Waals surface area contributed by atoms with Crippen LogP contribution in [0.25, 0.3) is 0 Å². The van der Waals surface area contributed by atoms with Crippen molar-refractivity contribution in [2.45, 2.75) is 24.3 Å². The second-order valence-corrected chi connectivity index (χ2v) is 9.92. The Kier molecular flexibility index (Phi) is 6.02. The van der Waals surface area contributed by atoms with E-state index in [0.29, 0.717) is 21.9 Å². The lowest BCUT2D eigenvalue weighted by Crippen LogP contribution is -2.33. The van der Waals surface area contributed by atoms with Crippen LogP contribution < -0.4 is 15.0 Å². The SMILES string of the molecule is CCc1ccc(N2C(=O)C3=C(C2=O)[C@H](c2cccc(Oc4ccccc4)c2)Nc2ccccc2S3)cc1. The number of imide groups is 1. The average molecular weight is 505 g/mol. The molecule has 1 atom stereocenters. The van der Waals surface area contributed by atoms with E-state index in [1.165, 1.54) is 16.7 Å². The Morgan fingerprint density at radius 1 is 0.811 bits per heavy atom. The van der Waals surface area contributed by atoms with Crippen molar-refractivity contribution in [1.29, 1.82) is 0 Å². The minimum absolute atomic E-state index is 0.297. The number of aryl methyl sites for hydroxylation is 1. The Labute approximate surface area is 219 Å². The van der Waals surface area contributed by atoms with Crippen molar-refractivity contribution in [2.24, 2.45) is 0 Å². The molecule has 4 aromatic carbocycles. The third-order valence-electron chi connectivity index (χ3n) is 6.54. The van der Waals surface area contributed by atoms with E-state index in [9.17, 15) is 9.59 Å². The zero-order valence-corrected chi connectivity index (χ0v) is 21.0. The van der Waals surface area contributed by atoms with Crippen LogP contribution in [0.15, 0.2) is 119 Å². The maximum atomic E-state index is 13.9. The third kappa shape index (κ3) is 4.30. The van der Waals surface area contributed by atoms with Gasteiger partial charge in [0.1, 0.15) is 11.5 Å². The van der Waals surface area contributed by atoms with Crippen molar-refractivity contribution in [2.75, 3.05) is 10.2 Å². The first-order valence-corrected chi connectivity index (χ1v) is 13.0. The number of carbonyl (C=O) groups excluding carboxylic acids is 2. The molecule has 2 amide bonds. The topological polar surface area (TPSA) is 58.6 Å². The van der Waals surface area contributed by atoms with Crippen molar-refractivity contribution in [3.8, 4) is 11.5 Å². The Morgan fingerprint density at radius 3 is 2.32 bits per heavy atom. The molecule has 2 heterocycles. The van der Waals surface area contributed by atoms with Crippen molar-refractivity contribution in [1.82, 2.24) is 0 Å². The maximum Gasteiger partial charge on any atom is 0.272 e. The van der Waals surface area contributed by atoms with E-state index in [1.807, 2.05) is 103 Å². The van der Waals surface area contributed by atoms with Gasteiger partial charge in [0.2, 0.25) is 0 Å². The molecule has 4 aromatic rings. The van der Waals surface area contributed by atoms with Crippen molar-refractivity contribution >= 4 is 35.0 Å². The second-order valence-electron chi connectivity index (χ2n) is 8.87. The number of anilines is 2. The number of hydrogen-bond acceptors (Lipinski definition) is 5. The van der Waals surface area contributed by atoms with Gasteiger partial charge in [-0.15, -0.1) is 0 Å². The van der Waals surface area contributed by atoms with Gasteiger partial charge < -0.3 is 10.1 Å². The van der Waals surface area contributed by atoms with Gasteiger partial charge in [0.15, 0.2) is 0 Å². The molecule has 0 fully saturated rings. The van der Waals surface area contributed by atoms with Gasteiger partial charge in [-0.1, -0.05) is 73.3 Å². The number of carbonyl (C=O) groups is 2. The number of thioether (sulfide) groups is 1. The first kappa shape index (κ1) is 23.1. The Balaban J connectivity index is 1.42. The smallest absolute Gasteiger partial charge is 0.272 e. The monoisotopic (exact) mass is 504 g/mol. The van der Waals surface area contributed by atoms with Gasteiger partial charge in [-0.05, 0) is 66.1 Å². The molecule has 5 nitrogen and oxygen atoms in total. The number of nitrogens with zero attached hydrogens (tertiary/aromatic N) is 1. The van der Waals surface area contributed by atoms with Crippen LogP contribution in [0.3, 0.4) is 0 Å². The van der Waals surface area contributed by atoms with Crippen LogP contribution in [0, 0.1) is 0 Å². The van der Waals surface area contributed by atoms with Gasteiger partial charge in [-0.2, -0.15) is 0 Å². The summed E-state index contributed by atoms with van der Waals surface area (Å²) in [6.07, 6.45) is 0.886. The van der Waals surface area contributed by atoms with Gasteiger partial charge in [-0.25, -0.2) is 4.90 Å². The summed E-state index contributed by atoms with van der Waals surface area (Å²) in [7, 11) is 0. The summed E-state index contributed by atoms with van der Waals surface area (Å²) in [4.78, 5) is 30.3. The average Bonchev–Trinajstić information content (AvgIpc) is 3.07. The highest BCUT2D eigenvalue weighted by atomic mass is 32.2. The maximum absolute atomic E-state index is 13.9. The molecule has 1 N–H and O–H groups in total. The minimum atomic E-state index is -0.526. The van der Waals surface area contributed by atoms with E-state index in [1.54, 1.807) is 0 Å². The van der Waals surface area contributed by atoms with Crippen molar-refractivity contribution < 1.29 is 14.3 Å². The molecule has 37 heavy (non-hydrogen) atoms. The molecular weight excluding hydrogens is 480 g/mol. The molecule has 182 valence electrons. The highest BCUT2D eigenvalue weighted by Gasteiger charge is 2.45. The number of ether oxygens (including phenoxy) is 1. The fraction of sp³-hybridized carbons (Fsp3) is 0.0968. The summed E-state index contributed by atoms with van der Waals surface area (Å²) in [5.74, 6) is 0.774. The molecule has 0 aliphatic carbocycles. The first-order valence-electron chi connectivity index (χ1n) is 12.2. The van der Waals surface area contributed by atoms with Gasteiger partial charge in [0.05, 0.1) is 22.2 Å². The minimum Gasteiger partial charge on any atom is -0.457 e. The normalized spacial score (nSPS) is 16.7. The Hall–Kier alpha value is -4.29. The largest absolute Gasteiger partial charge is 0.457 e. The van der Waals surface area contributed by atoms with E-state index in [2.05, 4.69) is 12.2 Å². The van der Waals surface area contributed by atoms with E-state index in [4.69, 9.17) is 4.74 Å². The van der Waals surface area contributed by atoms with Gasteiger partial charge >= 0.3 is 0 Å². The number of fused-ring (bicyclic) bond motifs is 1. The van der Waals surface area contributed by atoms with Crippen LogP contribution in [0.2, 0.25) is 0 Å². The summed E-state index contributed by atoms with van der Waals surface area (Å²) < 4.78 is 6.07. The number of para-hydroxylation sites is 2. The molecule has 2 aliphatic rings. The third-order valence-corrected chi connectivity index (χ3v) is 7.71. The first-order chi connectivity index (χ1) is 18.1. The number of benzene rings is 4. The highest BCUT2D eigenvalue weighted by Crippen LogP contribution is 2.48. The summed E-state index contributed by atoms with van der Waals surface area (Å²) in [6.45, 7) is 2.07. The lowest BCUT2D eigenvalue weighted by molar-refractivity contribution is -0.120. The van der Waals surface area contributed by atoms with Crippen molar-refractivity contribution in [3.05, 3.63) is 125 Å².